The van der Waals surface area contributed by atoms with E-state index < -0.39 is 36.0 Å². The first-order valence-electron chi connectivity index (χ1n) is 10.6. The number of anilines is 1. The Labute approximate surface area is 193 Å². The van der Waals surface area contributed by atoms with Crippen LogP contribution in [0.15, 0.2) is 36.4 Å². The number of alkyl halides is 3. The molecule has 0 radical (unpaired) electrons. The fourth-order valence-electron chi connectivity index (χ4n) is 3.31. The molecule has 0 aliphatic heterocycles. The molecule has 0 bridgehead atoms. The minimum absolute atomic E-state index is 0.170. The van der Waals surface area contributed by atoms with Gasteiger partial charge in [-0.05, 0) is 51.0 Å². The van der Waals surface area contributed by atoms with Crippen LogP contribution in [0.3, 0.4) is 0 Å². The van der Waals surface area contributed by atoms with E-state index in [0.717, 1.165) is 6.07 Å². The molecular formula is C23H26F4N4O3. The molecule has 11 heteroatoms. The van der Waals surface area contributed by atoms with E-state index in [2.05, 4.69) is 10.4 Å². The summed E-state index contributed by atoms with van der Waals surface area (Å²) in [4.78, 5) is 11.8. The molecule has 2 aromatic carbocycles. The number of nitrogens with one attached hydrogen (secondary N) is 1. The quantitative estimate of drug-likeness (QED) is 0.353. The Bertz CT molecular complexity index is 1170. The second-order valence-corrected chi connectivity index (χ2v) is 8.64. The molecule has 0 aliphatic rings. The molecule has 7 nitrogen and oxygen atoms in total. The van der Waals surface area contributed by atoms with Crippen molar-refractivity contribution in [3.63, 3.8) is 0 Å². The summed E-state index contributed by atoms with van der Waals surface area (Å²) >= 11 is 0. The number of fused-ring (bicyclic) bond motifs is 1. The van der Waals surface area contributed by atoms with E-state index in [0.29, 0.717) is 36.0 Å². The lowest BCUT2D eigenvalue weighted by Crippen LogP contribution is -2.33. The number of carbonyl (C=O) groups excluding carboxylic acids is 1. The molecule has 0 unspecified atom stereocenters. The highest BCUT2D eigenvalue weighted by atomic mass is 19.4. The van der Waals surface area contributed by atoms with Gasteiger partial charge in [-0.25, -0.2) is 9.18 Å². The summed E-state index contributed by atoms with van der Waals surface area (Å²) in [5, 5.41) is 7.60. The number of halogens is 4. The first-order valence-corrected chi connectivity index (χ1v) is 10.6. The van der Waals surface area contributed by atoms with Crippen molar-refractivity contribution in [1.82, 2.24) is 15.1 Å². The molecule has 0 aliphatic carbocycles. The smallest absolute Gasteiger partial charge is 0.422 e. The number of nitrogens with zero attached hydrogens (tertiary/aromatic N) is 2. The summed E-state index contributed by atoms with van der Waals surface area (Å²) in [7, 11) is 0. The Kier molecular flexibility index (Phi) is 7.23. The average molecular weight is 482 g/mol. The third kappa shape index (κ3) is 6.52. The lowest BCUT2D eigenvalue weighted by molar-refractivity contribution is -0.153. The van der Waals surface area contributed by atoms with Gasteiger partial charge in [0.2, 0.25) is 0 Å². The van der Waals surface area contributed by atoms with Crippen LogP contribution in [-0.4, -0.2) is 40.8 Å². The number of nitrogens with two attached hydrogens (primary N) is 1. The van der Waals surface area contributed by atoms with E-state index in [4.69, 9.17) is 15.2 Å². The number of amides is 1. The van der Waals surface area contributed by atoms with Crippen molar-refractivity contribution in [3.05, 3.63) is 42.2 Å². The highest BCUT2D eigenvalue weighted by Gasteiger charge is 2.29. The minimum Gasteiger partial charge on any atom is -0.480 e. The summed E-state index contributed by atoms with van der Waals surface area (Å²) in [6, 6.07) is 8.85. The van der Waals surface area contributed by atoms with Crippen molar-refractivity contribution in [2.75, 3.05) is 18.9 Å². The van der Waals surface area contributed by atoms with Crippen molar-refractivity contribution >= 4 is 22.8 Å². The minimum atomic E-state index is -4.61. The Balaban J connectivity index is 1.81. The van der Waals surface area contributed by atoms with Crippen LogP contribution < -0.4 is 15.8 Å². The summed E-state index contributed by atoms with van der Waals surface area (Å²) < 4.78 is 63.8. The van der Waals surface area contributed by atoms with Gasteiger partial charge in [0, 0.05) is 24.0 Å². The molecule has 0 atom stereocenters. The Morgan fingerprint density at radius 3 is 2.59 bits per heavy atom. The highest BCUT2D eigenvalue weighted by molar-refractivity contribution is 5.93. The number of alkyl carbamates (subject to hydrolysis) is 1. The number of hydrogen-bond donors (Lipinski definition) is 2. The highest BCUT2D eigenvalue weighted by Crippen LogP contribution is 2.36. The van der Waals surface area contributed by atoms with Gasteiger partial charge in [-0.15, -0.1) is 0 Å². The third-order valence-electron chi connectivity index (χ3n) is 4.65. The van der Waals surface area contributed by atoms with Gasteiger partial charge >= 0.3 is 12.3 Å². The molecule has 184 valence electrons. The zero-order chi connectivity index (χ0) is 25.1. The maximum atomic E-state index is 14.3. The van der Waals surface area contributed by atoms with Crippen LogP contribution in [0.4, 0.5) is 28.2 Å². The van der Waals surface area contributed by atoms with Crippen LogP contribution in [0.5, 0.6) is 5.75 Å². The molecule has 0 saturated carbocycles. The van der Waals surface area contributed by atoms with Crippen LogP contribution in [-0.2, 0) is 11.3 Å². The van der Waals surface area contributed by atoms with Gasteiger partial charge in [0.05, 0.1) is 5.52 Å². The SMILES string of the molecule is CC(C)(C)OC(=O)NCCCn1nc(N)c2ccc(-c3cccc(F)c3OCC(F)(F)F)cc21. The van der Waals surface area contributed by atoms with Crippen LogP contribution in [0.25, 0.3) is 22.0 Å². The van der Waals surface area contributed by atoms with E-state index in [1.54, 1.807) is 43.7 Å². The van der Waals surface area contributed by atoms with Gasteiger partial charge < -0.3 is 20.5 Å². The largest absolute Gasteiger partial charge is 0.480 e. The predicted molar refractivity (Wildman–Crippen MR) is 120 cm³/mol. The number of rotatable bonds is 7. The number of hydrogen-bond acceptors (Lipinski definition) is 5. The fourth-order valence-corrected chi connectivity index (χ4v) is 3.31. The molecule has 0 spiro atoms. The second-order valence-electron chi connectivity index (χ2n) is 8.64. The standard InChI is InChI=1S/C23H26F4N4O3/c1-22(2,3)34-21(32)29-10-5-11-31-18-12-14(8-9-16(18)20(28)30-31)15-6-4-7-17(24)19(15)33-13-23(25,26)27/h4,6-9,12H,5,10-11,13H2,1-3H3,(H2,28,30)(H,29,32). The number of nitrogen functional groups attached to an aromatic ring is 1. The van der Waals surface area contributed by atoms with E-state index in [9.17, 15) is 22.4 Å². The molecule has 1 amide bonds. The number of aromatic nitrogens is 2. The Morgan fingerprint density at radius 1 is 1.18 bits per heavy atom. The summed E-state index contributed by atoms with van der Waals surface area (Å²) in [6.45, 7) is 4.41. The molecule has 3 aromatic rings. The van der Waals surface area contributed by atoms with Crippen molar-refractivity contribution in [3.8, 4) is 16.9 Å². The van der Waals surface area contributed by atoms with Gasteiger partial charge in [0.15, 0.2) is 24.0 Å². The number of aryl methyl sites for hydroxylation is 1. The molecule has 3 rings (SSSR count). The summed E-state index contributed by atoms with van der Waals surface area (Å²) in [6.07, 6.45) is -4.62. The lowest BCUT2D eigenvalue weighted by Gasteiger charge is -2.19. The monoisotopic (exact) mass is 482 g/mol. The molecule has 0 fully saturated rings. The Hall–Kier alpha value is -3.50. The fraction of sp³-hybridized carbons (Fsp3) is 0.391. The van der Waals surface area contributed by atoms with Crippen molar-refractivity contribution in [2.24, 2.45) is 0 Å². The van der Waals surface area contributed by atoms with Gasteiger partial charge in [-0.3, -0.25) is 4.68 Å². The molecule has 34 heavy (non-hydrogen) atoms. The normalized spacial score (nSPS) is 12.1. The van der Waals surface area contributed by atoms with Gasteiger partial charge in [0.1, 0.15) is 5.60 Å². The topological polar surface area (TPSA) is 91.4 Å². The second kappa shape index (κ2) is 9.78. The molecule has 3 N–H and O–H groups in total. The number of carbonyl (C=O) groups is 1. The van der Waals surface area contributed by atoms with Crippen LogP contribution in [0, 0.1) is 5.82 Å². The van der Waals surface area contributed by atoms with Crippen molar-refractivity contribution in [2.45, 2.75) is 45.5 Å². The van der Waals surface area contributed by atoms with E-state index in [-0.39, 0.29) is 11.4 Å². The number of para-hydroxylation sites is 1. The van der Waals surface area contributed by atoms with Crippen LogP contribution in [0.2, 0.25) is 0 Å². The average Bonchev–Trinajstić information content (AvgIpc) is 3.03. The molecular weight excluding hydrogens is 456 g/mol. The molecule has 1 aromatic heterocycles. The zero-order valence-corrected chi connectivity index (χ0v) is 19.0. The van der Waals surface area contributed by atoms with Gasteiger partial charge in [-0.1, -0.05) is 18.2 Å². The van der Waals surface area contributed by atoms with E-state index in [1.165, 1.54) is 12.1 Å². The predicted octanol–water partition coefficient (Wildman–Crippen LogP) is 5.28. The van der Waals surface area contributed by atoms with Gasteiger partial charge in [-0.2, -0.15) is 18.3 Å². The van der Waals surface area contributed by atoms with E-state index >= 15 is 0 Å². The maximum absolute atomic E-state index is 14.3. The van der Waals surface area contributed by atoms with Gasteiger partial charge in [0.25, 0.3) is 0 Å². The molecule has 1 heterocycles. The van der Waals surface area contributed by atoms with Crippen molar-refractivity contribution < 1.29 is 31.8 Å². The zero-order valence-electron chi connectivity index (χ0n) is 19.0. The van der Waals surface area contributed by atoms with Crippen LogP contribution in [0.1, 0.15) is 27.2 Å². The van der Waals surface area contributed by atoms with E-state index in [1.807, 2.05) is 0 Å². The number of benzene rings is 2. The number of ether oxygens (including phenoxy) is 2. The third-order valence-corrected chi connectivity index (χ3v) is 4.65. The first kappa shape index (κ1) is 25.1. The first-order chi connectivity index (χ1) is 15.8. The maximum Gasteiger partial charge on any atom is 0.422 e. The van der Waals surface area contributed by atoms with Crippen LogP contribution >= 0.6 is 0 Å². The summed E-state index contributed by atoms with van der Waals surface area (Å²) in [5.74, 6) is -1.11. The molecule has 0 saturated heterocycles. The summed E-state index contributed by atoms with van der Waals surface area (Å²) in [5.41, 5.74) is 6.62. The lowest BCUT2D eigenvalue weighted by atomic mass is 10.0. The van der Waals surface area contributed by atoms with Crippen molar-refractivity contribution in [1.29, 1.82) is 0 Å². The Morgan fingerprint density at radius 2 is 1.91 bits per heavy atom.